The van der Waals surface area contributed by atoms with Gasteiger partial charge in [0.1, 0.15) is 0 Å². The summed E-state index contributed by atoms with van der Waals surface area (Å²) in [5.74, 6) is 1.31. The van der Waals surface area contributed by atoms with Crippen LogP contribution >= 0.6 is 0 Å². The molecule has 0 saturated carbocycles. The summed E-state index contributed by atoms with van der Waals surface area (Å²) in [5.41, 5.74) is 4.10. The molecule has 1 atom stereocenters. The van der Waals surface area contributed by atoms with Gasteiger partial charge in [0.25, 0.3) is 0 Å². The van der Waals surface area contributed by atoms with E-state index in [0.29, 0.717) is 23.6 Å². The van der Waals surface area contributed by atoms with Gasteiger partial charge in [0, 0.05) is 23.2 Å². The molecule has 0 fully saturated rings. The van der Waals surface area contributed by atoms with E-state index in [2.05, 4.69) is 10.2 Å². The van der Waals surface area contributed by atoms with E-state index >= 15 is 0 Å². The van der Waals surface area contributed by atoms with E-state index in [1.54, 1.807) is 6.20 Å². The van der Waals surface area contributed by atoms with Crippen LogP contribution in [0, 0.1) is 6.92 Å². The van der Waals surface area contributed by atoms with Crippen molar-refractivity contribution in [3.8, 4) is 17.2 Å². The molecule has 0 aliphatic carbocycles. The Morgan fingerprint density at radius 3 is 2.60 bits per heavy atom. The van der Waals surface area contributed by atoms with Crippen molar-refractivity contribution < 1.29 is 17.9 Å². The normalized spacial score (nSPS) is 18.0. The van der Waals surface area contributed by atoms with Crippen molar-refractivity contribution in [2.75, 3.05) is 13.0 Å². The third-order valence-electron chi connectivity index (χ3n) is 5.33. The van der Waals surface area contributed by atoms with E-state index in [1.165, 1.54) is 10.7 Å². The van der Waals surface area contributed by atoms with Crippen LogP contribution in [0.5, 0.6) is 11.5 Å². The number of nitrogens with zero attached hydrogens (tertiary/aromatic N) is 4. The van der Waals surface area contributed by atoms with Gasteiger partial charge in [-0.2, -0.15) is 14.6 Å². The second-order valence-corrected chi connectivity index (χ2v) is 9.14. The van der Waals surface area contributed by atoms with E-state index < -0.39 is 16.1 Å². The summed E-state index contributed by atoms with van der Waals surface area (Å²) in [7, 11) is -3.57. The predicted octanol–water partition coefficient (Wildman–Crippen LogP) is 3.02. The molecule has 1 unspecified atom stereocenters. The maximum absolute atomic E-state index is 12.5. The quantitative estimate of drug-likeness (QED) is 0.643. The van der Waals surface area contributed by atoms with Gasteiger partial charge in [-0.15, -0.1) is 0 Å². The molecule has 0 bridgehead atoms. The van der Waals surface area contributed by atoms with Crippen LogP contribution in [0.3, 0.4) is 0 Å². The van der Waals surface area contributed by atoms with Crippen LogP contribution in [0.1, 0.15) is 29.3 Å². The molecule has 5 rings (SSSR count). The molecule has 2 aliphatic heterocycles. The number of benzene rings is 2. The number of sulfonamides is 1. The zero-order chi connectivity index (χ0) is 20.9. The van der Waals surface area contributed by atoms with Crippen molar-refractivity contribution >= 4 is 15.7 Å². The van der Waals surface area contributed by atoms with Crippen LogP contribution in [-0.2, 0) is 10.0 Å². The molecular formula is C21H20N4O4S. The Morgan fingerprint density at radius 2 is 1.83 bits per heavy atom. The van der Waals surface area contributed by atoms with Crippen molar-refractivity contribution in [1.29, 1.82) is 0 Å². The van der Waals surface area contributed by atoms with Crippen LogP contribution in [-0.4, -0.2) is 41.4 Å². The fourth-order valence-electron chi connectivity index (χ4n) is 3.86. The lowest BCUT2D eigenvalue weighted by atomic mass is 9.99. The zero-order valence-corrected chi connectivity index (χ0v) is 17.3. The fourth-order valence-corrected chi connectivity index (χ4v) is 4.75. The van der Waals surface area contributed by atoms with E-state index in [-0.39, 0.29) is 6.79 Å². The lowest BCUT2D eigenvalue weighted by Gasteiger charge is -2.21. The van der Waals surface area contributed by atoms with Gasteiger partial charge >= 0.3 is 0 Å². The fraction of sp³-hybridized carbons (Fsp3) is 0.238. The Balaban J connectivity index is 1.53. The highest BCUT2D eigenvalue weighted by molar-refractivity contribution is 7.88. The number of para-hydroxylation sites is 1. The van der Waals surface area contributed by atoms with E-state index in [9.17, 15) is 8.42 Å². The van der Waals surface area contributed by atoms with Crippen molar-refractivity contribution in [3.05, 3.63) is 71.5 Å². The Bertz CT molecular complexity index is 1250. The molecule has 2 aliphatic rings. The lowest BCUT2D eigenvalue weighted by molar-refractivity contribution is 0.174. The molecule has 3 aromatic rings. The highest BCUT2D eigenvalue weighted by Gasteiger charge is 2.37. The predicted molar refractivity (Wildman–Crippen MR) is 111 cm³/mol. The second kappa shape index (κ2) is 6.88. The third kappa shape index (κ3) is 3.11. The van der Waals surface area contributed by atoms with E-state index in [4.69, 9.17) is 9.47 Å². The molecule has 0 spiro atoms. The first-order valence-corrected chi connectivity index (χ1v) is 11.3. The van der Waals surface area contributed by atoms with Crippen LogP contribution in [0.4, 0.5) is 0 Å². The minimum atomic E-state index is -3.57. The monoisotopic (exact) mass is 424 g/mol. The number of fused-ring (bicyclic) bond motifs is 1. The Kier molecular flexibility index (Phi) is 4.28. The van der Waals surface area contributed by atoms with Gasteiger partial charge in [0.2, 0.25) is 16.8 Å². The molecule has 0 radical (unpaired) electrons. The van der Waals surface area contributed by atoms with Crippen molar-refractivity contribution in [2.45, 2.75) is 19.4 Å². The van der Waals surface area contributed by atoms with Gasteiger partial charge in [0.15, 0.2) is 11.5 Å². The Hall–Kier alpha value is -3.33. The second-order valence-electron chi connectivity index (χ2n) is 7.30. The standard InChI is InChI=1S/C21H20N4O4S/c1-14-17(12-22-24(14)16-6-4-3-5-7-16)19-11-18(23-25(19)30(2,26)27)15-8-9-20-21(10-15)29-13-28-20/h3-10,12,19H,11,13H2,1-2H3. The summed E-state index contributed by atoms with van der Waals surface area (Å²) in [6.07, 6.45) is 3.33. The molecule has 30 heavy (non-hydrogen) atoms. The number of rotatable bonds is 4. The third-order valence-corrected chi connectivity index (χ3v) is 6.34. The molecule has 2 aromatic carbocycles. The van der Waals surface area contributed by atoms with Crippen molar-refractivity contribution in [1.82, 2.24) is 14.2 Å². The average Bonchev–Trinajstić information content (AvgIpc) is 3.45. The van der Waals surface area contributed by atoms with Crippen LogP contribution in [0.15, 0.2) is 59.8 Å². The molecule has 0 saturated heterocycles. The maximum atomic E-state index is 12.5. The molecule has 9 heteroatoms. The molecule has 154 valence electrons. The number of hydrogen-bond acceptors (Lipinski definition) is 6. The van der Waals surface area contributed by atoms with E-state index in [0.717, 1.165) is 22.5 Å². The van der Waals surface area contributed by atoms with E-state index in [1.807, 2.05) is 60.1 Å². The smallest absolute Gasteiger partial charge is 0.247 e. The van der Waals surface area contributed by atoms with Gasteiger partial charge in [-0.1, -0.05) is 18.2 Å². The number of ether oxygens (including phenoxy) is 2. The maximum Gasteiger partial charge on any atom is 0.247 e. The molecule has 0 amide bonds. The van der Waals surface area contributed by atoms with Gasteiger partial charge < -0.3 is 9.47 Å². The first kappa shape index (κ1) is 18.7. The molecule has 1 aromatic heterocycles. The van der Waals surface area contributed by atoms with Crippen LogP contribution < -0.4 is 9.47 Å². The molecular weight excluding hydrogens is 404 g/mol. The number of aromatic nitrogens is 2. The van der Waals surface area contributed by atoms with Crippen LogP contribution in [0.2, 0.25) is 0 Å². The molecule has 3 heterocycles. The summed E-state index contributed by atoms with van der Waals surface area (Å²) >= 11 is 0. The van der Waals surface area contributed by atoms with Crippen molar-refractivity contribution in [3.63, 3.8) is 0 Å². The SMILES string of the molecule is Cc1c(C2CC(c3ccc4c(c3)OCO4)=NN2S(C)(=O)=O)cnn1-c1ccccc1. The lowest BCUT2D eigenvalue weighted by Crippen LogP contribution is -2.26. The highest BCUT2D eigenvalue weighted by Crippen LogP contribution is 2.39. The first-order chi connectivity index (χ1) is 14.4. The minimum Gasteiger partial charge on any atom is -0.454 e. The summed E-state index contributed by atoms with van der Waals surface area (Å²) < 4.78 is 38.8. The van der Waals surface area contributed by atoms with Gasteiger partial charge in [-0.25, -0.2) is 13.1 Å². The average molecular weight is 424 g/mol. The minimum absolute atomic E-state index is 0.182. The van der Waals surface area contributed by atoms with Gasteiger partial charge in [-0.05, 0) is 37.3 Å². The number of hydrazone groups is 1. The summed E-state index contributed by atoms with van der Waals surface area (Å²) in [4.78, 5) is 0. The Morgan fingerprint density at radius 1 is 1.07 bits per heavy atom. The van der Waals surface area contributed by atoms with Crippen molar-refractivity contribution in [2.24, 2.45) is 5.10 Å². The van der Waals surface area contributed by atoms with Gasteiger partial charge in [-0.3, -0.25) is 0 Å². The zero-order valence-electron chi connectivity index (χ0n) is 16.5. The molecule has 8 nitrogen and oxygen atoms in total. The highest BCUT2D eigenvalue weighted by atomic mass is 32.2. The summed E-state index contributed by atoms with van der Waals surface area (Å²) in [6, 6.07) is 14.8. The Labute approximate surface area is 174 Å². The van der Waals surface area contributed by atoms with Gasteiger partial charge in [0.05, 0.1) is 29.9 Å². The first-order valence-electron chi connectivity index (χ1n) is 9.48. The topological polar surface area (TPSA) is 86.0 Å². The summed E-state index contributed by atoms with van der Waals surface area (Å²) in [6.45, 7) is 2.12. The molecule has 0 N–H and O–H groups in total. The summed E-state index contributed by atoms with van der Waals surface area (Å²) in [5, 5.41) is 8.96. The van der Waals surface area contributed by atoms with Crippen LogP contribution in [0.25, 0.3) is 5.69 Å². The largest absolute Gasteiger partial charge is 0.454 e. The number of hydrogen-bond donors (Lipinski definition) is 0.